The molecular weight excluding hydrogens is 214 g/mol. The van der Waals surface area contributed by atoms with Gasteiger partial charge in [0.2, 0.25) is 5.89 Å². The number of para-hydroxylation sites is 1. The highest BCUT2D eigenvalue weighted by Gasteiger charge is 2.13. The van der Waals surface area contributed by atoms with Crippen LogP contribution in [0, 0.1) is 6.92 Å². The van der Waals surface area contributed by atoms with Gasteiger partial charge in [-0.3, -0.25) is 0 Å². The largest absolute Gasteiger partial charge is 0.420 e. The molecule has 0 unspecified atom stereocenters. The lowest BCUT2D eigenvalue weighted by atomic mass is 10.2. The molecule has 86 valence electrons. The molecule has 1 aromatic carbocycles. The van der Waals surface area contributed by atoms with E-state index in [1.54, 1.807) is 6.92 Å². The van der Waals surface area contributed by atoms with Crippen molar-refractivity contribution in [2.24, 2.45) is 0 Å². The summed E-state index contributed by atoms with van der Waals surface area (Å²) in [5.74, 6) is 1.17. The van der Waals surface area contributed by atoms with Crippen molar-refractivity contribution >= 4 is 10.9 Å². The molecule has 0 N–H and O–H groups in total. The maximum atomic E-state index is 5.50. The van der Waals surface area contributed by atoms with E-state index in [-0.39, 0.29) is 0 Å². The van der Waals surface area contributed by atoms with E-state index in [1.165, 1.54) is 10.9 Å². The second kappa shape index (κ2) is 3.73. The van der Waals surface area contributed by atoms with Crippen molar-refractivity contribution in [2.45, 2.75) is 20.4 Å². The van der Waals surface area contributed by atoms with Crippen molar-refractivity contribution in [3.05, 3.63) is 36.2 Å². The molecule has 3 rings (SSSR count). The van der Waals surface area contributed by atoms with Gasteiger partial charge in [0, 0.05) is 24.4 Å². The summed E-state index contributed by atoms with van der Waals surface area (Å²) in [6.45, 7) is 4.79. The van der Waals surface area contributed by atoms with Crippen molar-refractivity contribution in [3.8, 4) is 11.6 Å². The maximum absolute atomic E-state index is 5.50. The Morgan fingerprint density at radius 3 is 2.76 bits per heavy atom. The molecule has 0 bridgehead atoms. The number of rotatable bonds is 2. The fourth-order valence-corrected chi connectivity index (χ4v) is 2.13. The van der Waals surface area contributed by atoms with Crippen molar-refractivity contribution in [3.63, 3.8) is 0 Å². The third-order valence-electron chi connectivity index (χ3n) is 2.87. The van der Waals surface area contributed by atoms with Gasteiger partial charge in [-0.2, -0.15) is 0 Å². The van der Waals surface area contributed by atoms with Gasteiger partial charge in [-0.05, 0) is 19.1 Å². The first-order valence-corrected chi connectivity index (χ1v) is 5.68. The molecule has 2 heterocycles. The Morgan fingerprint density at radius 2 is 2.06 bits per heavy atom. The summed E-state index contributed by atoms with van der Waals surface area (Å²) in [6.07, 6.45) is 0. The minimum atomic E-state index is 0.584. The van der Waals surface area contributed by atoms with E-state index in [9.17, 15) is 0 Å². The predicted octanol–water partition coefficient (Wildman–Crippen LogP) is 3.02. The molecule has 2 aromatic heterocycles. The number of aromatic nitrogens is 3. The summed E-state index contributed by atoms with van der Waals surface area (Å²) in [5.41, 5.74) is 2.18. The lowest BCUT2D eigenvalue weighted by Gasteiger charge is -2.03. The average Bonchev–Trinajstić information content (AvgIpc) is 2.91. The highest BCUT2D eigenvalue weighted by Crippen LogP contribution is 2.27. The zero-order valence-corrected chi connectivity index (χ0v) is 9.84. The van der Waals surface area contributed by atoms with Crippen LogP contribution in [0.1, 0.15) is 12.8 Å². The first-order chi connectivity index (χ1) is 8.29. The molecule has 0 amide bonds. The molecule has 0 aliphatic carbocycles. The van der Waals surface area contributed by atoms with Crippen molar-refractivity contribution in [1.82, 2.24) is 14.8 Å². The van der Waals surface area contributed by atoms with E-state index in [0.717, 1.165) is 12.2 Å². The lowest BCUT2D eigenvalue weighted by Crippen LogP contribution is -1.96. The van der Waals surface area contributed by atoms with Crippen LogP contribution in [0.4, 0.5) is 0 Å². The van der Waals surface area contributed by atoms with E-state index in [0.29, 0.717) is 11.8 Å². The minimum absolute atomic E-state index is 0.584. The summed E-state index contributed by atoms with van der Waals surface area (Å²) in [4.78, 5) is 0. The number of benzene rings is 1. The van der Waals surface area contributed by atoms with Crippen molar-refractivity contribution in [2.75, 3.05) is 0 Å². The van der Waals surface area contributed by atoms with Gasteiger partial charge < -0.3 is 8.98 Å². The predicted molar refractivity (Wildman–Crippen MR) is 65.6 cm³/mol. The average molecular weight is 227 g/mol. The van der Waals surface area contributed by atoms with Crippen LogP contribution in [0.2, 0.25) is 0 Å². The Balaban J connectivity index is 2.29. The SMILES string of the molecule is CCn1c(-c2nnc(C)o2)cc2ccccc21. The highest BCUT2D eigenvalue weighted by atomic mass is 16.4. The molecule has 0 saturated heterocycles. The summed E-state index contributed by atoms with van der Waals surface area (Å²) in [7, 11) is 0. The normalized spacial score (nSPS) is 11.2. The summed E-state index contributed by atoms with van der Waals surface area (Å²) >= 11 is 0. The molecule has 0 spiro atoms. The quantitative estimate of drug-likeness (QED) is 0.676. The van der Waals surface area contributed by atoms with Crippen LogP contribution in [-0.4, -0.2) is 14.8 Å². The van der Waals surface area contributed by atoms with Crippen molar-refractivity contribution < 1.29 is 4.42 Å². The third-order valence-corrected chi connectivity index (χ3v) is 2.87. The Bertz CT molecular complexity index is 666. The minimum Gasteiger partial charge on any atom is -0.420 e. The van der Waals surface area contributed by atoms with Gasteiger partial charge in [0.1, 0.15) is 5.69 Å². The molecule has 0 radical (unpaired) electrons. The van der Waals surface area contributed by atoms with Gasteiger partial charge in [0.15, 0.2) is 0 Å². The van der Waals surface area contributed by atoms with Crippen LogP contribution in [0.25, 0.3) is 22.5 Å². The molecule has 4 nitrogen and oxygen atoms in total. The number of hydrogen-bond acceptors (Lipinski definition) is 3. The second-order valence-corrected chi connectivity index (χ2v) is 3.96. The molecule has 3 aromatic rings. The van der Waals surface area contributed by atoms with Crippen LogP contribution in [0.15, 0.2) is 34.7 Å². The third kappa shape index (κ3) is 1.53. The highest BCUT2D eigenvalue weighted by molar-refractivity contribution is 5.85. The fourth-order valence-electron chi connectivity index (χ4n) is 2.13. The van der Waals surface area contributed by atoms with Gasteiger partial charge >= 0.3 is 0 Å². The zero-order valence-electron chi connectivity index (χ0n) is 9.84. The van der Waals surface area contributed by atoms with Gasteiger partial charge in [0.25, 0.3) is 5.89 Å². The first kappa shape index (κ1) is 10.1. The number of fused-ring (bicyclic) bond motifs is 1. The smallest absolute Gasteiger partial charge is 0.264 e. The Morgan fingerprint density at radius 1 is 1.24 bits per heavy atom. The topological polar surface area (TPSA) is 43.9 Å². The Labute approximate surface area is 98.9 Å². The van der Waals surface area contributed by atoms with Crippen LogP contribution >= 0.6 is 0 Å². The number of hydrogen-bond donors (Lipinski definition) is 0. The molecule has 0 atom stereocenters. The number of aryl methyl sites for hydroxylation is 2. The van der Waals surface area contributed by atoms with Crippen LogP contribution in [0.5, 0.6) is 0 Å². The van der Waals surface area contributed by atoms with Crippen LogP contribution in [-0.2, 0) is 6.54 Å². The molecule has 0 fully saturated rings. The van der Waals surface area contributed by atoms with Gasteiger partial charge in [-0.1, -0.05) is 18.2 Å². The Kier molecular flexibility index (Phi) is 2.21. The molecular formula is C13H13N3O. The standard InChI is InChI=1S/C13H13N3O/c1-3-16-11-7-5-4-6-10(11)8-12(16)13-15-14-9(2)17-13/h4-8H,3H2,1-2H3. The fraction of sp³-hybridized carbons (Fsp3) is 0.231. The van der Waals surface area contributed by atoms with E-state index in [4.69, 9.17) is 4.42 Å². The number of nitrogens with zero attached hydrogens (tertiary/aromatic N) is 3. The van der Waals surface area contributed by atoms with Crippen molar-refractivity contribution in [1.29, 1.82) is 0 Å². The van der Waals surface area contributed by atoms with Crippen LogP contribution in [0.3, 0.4) is 0 Å². The lowest BCUT2D eigenvalue weighted by molar-refractivity contribution is 0.527. The maximum Gasteiger partial charge on any atom is 0.264 e. The Hall–Kier alpha value is -2.10. The molecule has 0 saturated carbocycles. The second-order valence-electron chi connectivity index (χ2n) is 3.96. The summed E-state index contributed by atoms with van der Waals surface area (Å²) in [5, 5.41) is 9.16. The molecule has 0 aliphatic rings. The molecule has 4 heteroatoms. The van der Waals surface area contributed by atoms with E-state index in [2.05, 4.69) is 39.9 Å². The van der Waals surface area contributed by atoms with E-state index >= 15 is 0 Å². The summed E-state index contributed by atoms with van der Waals surface area (Å²) in [6, 6.07) is 10.4. The van der Waals surface area contributed by atoms with E-state index in [1.807, 2.05) is 12.1 Å². The monoisotopic (exact) mass is 227 g/mol. The van der Waals surface area contributed by atoms with Gasteiger partial charge in [-0.25, -0.2) is 0 Å². The van der Waals surface area contributed by atoms with Gasteiger partial charge in [-0.15, -0.1) is 10.2 Å². The zero-order chi connectivity index (χ0) is 11.8. The first-order valence-electron chi connectivity index (χ1n) is 5.68. The summed E-state index contributed by atoms with van der Waals surface area (Å²) < 4.78 is 7.68. The van der Waals surface area contributed by atoms with Gasteiger partial charge in [0.05, 0.1) is 0 Å². The van der Waals surface area contributed by atoms with E-state index < -0.39 is 0 Å². The molecule has 0 aliphatic heterocycles. The molecule has 17 heavy (non-hydrogen) atoms. The van der Waals surface area contributed by atoms with Crippen LogP contribution < -0.4 is 0 Å².